The van der Waals surface area contributed by atoms with Crippen LogP contribution in [0.3, 0.4) is 0 Å². The number of halogens is 1. The summed E-state index contributed by atoms with van der Waals surface area (Å²) in [5.41, 5.74) is 0.573. The van der Waals surface area contributed by atoms with Gasteiger partial charge in [-0.2, -0.15) is 0 Å². The number of aromatic carboxylic acids is 1. The Bertz CT molecular complexity index is 437. The molecule has 0 aliphatic carbocycles. The van der Waals surface area contributed by atoms with Gasteiger partial charge < -0.3 is 15.2 Å². The summed E-state index contributed by atoms with van der Waals surface area (Å²) in [5.74, 6) is -1.46. The van der Waals surface area contributed by atoms with Crippen molar-refractivity contribution in [2.24, 2.45) is 0 Å². The van der Waals surface area contributed by atoms with Crippen molar-refractivity contribution in [1.29, 1.82) is 0 Å². The molecule has 1 rings (SSSR count). The van der Waals surface area contributed by atoms with E-state index < -0.39 is 12.1 Å². The van der Waals surface area contributed by atoms with E-state index in [1.807, 2.05) is 0 Å². The molecule has 1 unspecified atom stereocenters. The van der Waals surface area contributed by atoms with E-state index in [1.165, 1.54) is 24.3 Å². The summed E-state index contributed by atoms with van der Waals surface area (Å²) >= 11 is 0. The van der Waals surface area contributed by atoms with Crippen LogP contribution >= 0.6 is 0 Å². The number of alkyl halides is 1. The molecular formula is C14H17FNNaO3. The normalized spacial score (nSPS) is 11.3. The molecule has 0 bridgehead atoms. The molecule has 4 nitrogen and oxygen atoms in total. The average Bonchev–Trinajstić information content (AvgIpc) is 2.39. The predicted molar refractivity (Wildman–Crippen MR) is 68.4 cm³/mol. The van der Waals surface area contributed by atoms with E-state index in [4.69, 9.17) is 0 Å². The Kier molecular flexibility index (Phi) is 9.46. The SMILES string of the molecule is CCC(F)CCCC(=O)Nc1ccc(C(=O)[O-])cc1.[Na+]. The predicted octanol–water partition coefficient (Wildman–Crippen LogP) is -1.09. The van der Waals surface area contributed by atoms with E-state index >= 15 is 0 Å². The van der Waals surface area contributed by atoms with Crippen LogP contribution < -0.4 is 40.0 Å². The molecule has 0 saturated carbocycles. The van der Waals surface area contributed by atoms with Gasteiger partial charge in [0.05, 0.1) is 12.1 Å². The monoisotopic (exact) mass is 289 g/mol. The van der Waals surface area contributed by atoms with Crippen molar-refractivity contribution >= 4 is 17.6 Å². The zero-order valence-electron chi connectivity index (χ0n) is 11.8. The summed E-state index contributed by atoms with van der Waals surface area (Å²) in [6.07, 6.45) is 0.746. The third-order valence-corrected chi connectivity index (χ3v) is 2.77. The van der Waals surface area contributed by atoms with Crippen LogP contribution in [0.1, 0.15) is 43.0 Å². The largest absolute Gasteiger partial charge is 1.00 e. The molecular weight excluding hydrogens is 272 g/mol. The molecule has 1 aromatic rings. The van der Waals surface area contributed by atoms with Gasteiger partial charge in [-0.3, -0.25) is 4.79 Å². The minimum Gasteiger partial charge on any atom is -0.545 e. The average molecular weight is 289 g/mol. The number of nitrogens with one attached hydrogen (secondary N) is 1. The number of amides is 1. The van der Waals surface area contributed by atoms with Gasteiger partial charge in [-0.05, 0) is 37.0 Å². The first-order valence-electron chi connectivity index (χ1n) is 6.28. The molecule has 6 heteroatoms. The van der Waals surface area contributed by atoms with Crippen LogP contribution in [0.15, 0.2) is 24.3 Å². The van der Waals surface area contributed by atoms with Crippen molar-refractivity contribution < 1.29 is 48.6 Å². The van der Waals surface area contributed by atoms with Crippen molar-refractivity contribution in [2.45, 2.75) is 38.8 Å². The number of hydrogen-bond acceptors (Lipinski definition) is 3. The Morgan fingerprint density at radius 2 is 1.90 bits per heavy atom. The molecule has 1 amide bonds. The van der Waals surface area contributed by atoms with Gasteiger partial charge in [-0.1, -0.05) is 19.1 Å². The van der Waals surface area contributed by atoms with Crippen LogP contribution in [0.25, 0.3) is 0 Å². The summed E-state index contributed by atoms with van der Waals surface area (Å²) < 4.78 is 12.9. The number of carbonyl (C=O) groups excluding carboxylic acids is 2. The molecule has 0 fully saturated rings. The minimum absolute atomic E-state index is 0. The third kappa shape index (κ3) is 7.03. The van der Waals surface area contributed by atoms with Gasteiger partial charge >= 0.3 is 29.6 Å². The molecule has 0 aromatic heterocycles. The van der Waals surface area contributed by atoms with Crippen molar-refractivity contribution in [1.82, 2.24) is 0 Å². The number of carboxylic acid groups (broad SMARTS) is 1. The van der Waals surface area contributed by atoms with Crippen molar-refractivity contribution in [2.75, 3.05) is 5.32 Å². The molecule has 0 spiro atoms. The molecule has 0 radical (unpaired) electrons. The quantitative estimate of drug-likeness (QED) is 0.649. The molecule has 0 aliphatic rings. The smallest absolute Gasteiger partial charge is 0.545 e. The second-order valence-corrected chi connectivity index (χ2v) is 4.31. The van der Waals surface area contributed by atoms with E-state index in [9.17, 15) is 19.1 Å². The maximum absolute atomic E-state index is 12.9. The number of carboxylic acids is 1. The van der Waals surface area contributed by atoms with Crippen molar-refractivity contribution in [3.63, 3.8) is 0 Å². The fourth-order valence-electron chi connectivity index (χ4n) is 1.60. The summed E-state index contributed by atoms with van der Waals surface area (Å²) in [6, 6.07) is 5.71. The molecule has 0 heterocycles. The minimum atomic E-state index is -1.26. The second kappa shape index (κ2) is 9.91. The maximum Gasteiger partial charge on any atom is 1.00 e. The Labute approximate surface area is 140 Å². The number of rotatable bonds is 7. The molecule has 1 aromatic carbocycles. The molecule has 0 aliphatic heterocycles. The van der Waals surface area contributed by atoms with Gasteiger partial charge in [0.1, 0.15) is 0 Å². The Hall–Kier alpha value is -0.910. The summed E-state index contributed by atoms with van der Waals surface area (Å²) in [6.45, 7) is 1.77. The number of anilines is 1. The first kappa shape index (κ1) is 19.1. The first-order chi connectivity index (χ1) is 9.02. The van der Waals surface area contributed by atoms with Gasteiger partial charge in [0.2, 0.25) is 5.91 Å². The van der Waals surface area contributed by atoms with E-state index in [2.05, 4.69) is 5.32 Å². The number of hydrogen-bond donors (Lipinski definition) is 1. The number of benzene rings is 1. The van der Waals surface area contributed by atoms with Crippen LogP contribution in [0.5, 0.6) is 0 Å². The zero-order valence-corrected chi connectivity index (χ0v) is 13.8. The van der Waals surface area contributed by atoms with Gasteiger partial charge in [-0.25, -0.2) is 4.39 Å². The topological polar surface area (TPSA) is 69.2 Å². The number of carbonyl (C=O) groups is 2. The fraction of sp³-hybridized carbons (Fsp3) is 0.429. The standard InChI is InChI=1S/C14H18FNO3.Na/c1-2-11(15)4-3-5-13(17)16-12-8-6-10(7-9-12)14(18)19;/h6-9,11H,2-5H2,1H3,(H,16,17)(H,18,19);/q;+1/p-1. The summed E-state index contributed by atoms with van der Waals surface area (Å²) in [4.78, 5) is 22.1. The van der Waals surface area contributed by atoms with Gasteiger partial charge in [-0.15, -0.1) is 0 Å². The van der Waals surface area contributed by atoms with E-state index in [1.54, 1.807) is 6.92 Å². The molecule has 20 heavy (non-hydrogen) atoms. The van der Waals surface area contributed by atoms with E-state index in [0.29, 0.717) is 24.9 Å². The second-order valence-electron chi connectivity index (χ2n) is 4.31. The zero-order chi connectivity index (χ0) is 14.3. The van der Waals surface area contributed by atoms with Crippen LogP contribution in [0.2, 0.25) is 0 Å². The Balaban J connectivity index is 0.00000361. The van der Waals surface area contributed by atoms with Crippen LogP contribution in [-0.4, -0.2) is 18.0 Å². The van der Waals surface area contributed by atoms with Crippen LogP contribution in [0.4, 0.5) is 10.1 Å². The summed E-state index contributed by atoms with van der Waals surface area (Å²) in [5, 5.41) is 13.2. The maximum atomic E-state index is 12.9. The van der Waals surface area contributed by atoms with E-state index in [0.717, 1.165) is 0 Å². The van der Waals surface area contributed by atoms with Gasteiger partial charge in [0, 0.05) is 12.1 Å². The molecule has 104 valence electrons. The van der Waals surface area contributed by atoms with Crippen LogP contribution in [-0.2, 0) is 4.79 Å². The van der Waals surface area contributed by atoms with Crippen molar-refractivity contribution in [3.05, 3.63) is 29.8 Å². The Morgan fingerprint density at radius 3 is 2.40 bits per heavy atom. The van der Waals surface area contributed by atoms with E-state index in [-0.39, 0.29) is 47.4 Å². The fourth-order valence-corrected chi connectivity index (χ4v) is 1.60. The molecule has 0 saturated heterocycles. The van der Waals surface area contributed by atoms with Gasteiger partial charge in [0.25, 0.3) is 0 Å². The van der Waals surface area contributed by atoms with Gasteiger partial charge in [0.15, 0.2) is 0 Å². The first-order valence-corrected chi connectivity index (χ1v) is 6.28. The van der Waals surface area contributed by atoms with Crippen LogP contribution in [0, 0.1) is 0 Å². The van der Waals surface area contributed by atoms with Crippen molar-refractivity contribution in [3.8, 4) is 0 Å². The third-order valence-electron chi connectivity index (χ3n) is 2.77. The molecule has 1 atom stereocenters. The Morgan fingerprint density at radius 1 is 1.30 bits per heavy atom. The molecule has 1 N–H and O–H groups in total. The summed E-state index contributed by atoms with van der Waals surface area (Å²) in [7, 11) is 0.